The maximum absolute atomic E-state index is 4.95. The Kier molecular flexibility index (Phi) is 3.56. The van der Waals surface area contributed by atoms with Gasteiger partial charge in [0.25, 0.3) is 0 Å². The van der Waals surface area contributed by atoms with Gasteiger partial charge in [-0.2, -0.15) is 0 Å². The Hall–Kier alpha value is -3.61. The fourth-order valence-electron chi connectivity index (χ4n) is 4.34. The molecule has 0 atom stereocenters. The molecule has 0 saturated carbocycles. The zero-order valence-electron chi connectivity index (χ0n) is 16.2. The number of nitrogens with zero attached hydrogens (tertiary/aromatic N) is 4. The second kappa shape index (κ2) is 6.44. The normalized spacial score (nSPS) is 11.9. The summed E-state index contributed by atoms with van der Waals surface area (Å²) < 4.78 is 3.49. The highest BCUT2D eigenvalue weighted by atomic mass is 32.1. The van der Waals surface area contributed by atoms with E-state index in [0.29, 0.717) is 0 Å². The average molecular weight is 435 g/mol. The lowest BCUT2D eigenvalue weighted by Gasteiger charge is -2.07. The lowest BCUT2D eigenvalue weighted by atomic mass is 10.1. The minimum Gasteiger partial charge on any atom is -0.306 e. The highest BCUT2D eigenvalue weighted by molar-refractivity contribution is 7.25. The predicted molar refractivity (Wildman–Crippen MR) is 130 cm³/mol. The first-order valence-corrected chi connectivity index (χ1v) is 11.6. The summed E-state index contributed by atoms with van der Waals surface area (Å²) in [5.74, 6) is 0. The Morgan fingerprint density at radius 1 is 0.742 bits per heavy atom. The number of benzene rings is 1. The fourth-order valence-corrected chi connectivity index (χ4v) is 6.09. The summed E-state index contributed by atoms with van der Waals surface area (Å²) in [5, 5.41) is 6.88. The molecule has 0 bridgehead atoms. The summed E-state index contributed by atoms with van der Waals surface area (Å²) in [6, 6.07) is 19.3. The second-order valence-electron chi connectivity index (χ2n) is 7.43. The standard InChI is InChI=1S/C25H14N4S2/c1-2-24(30-11-1)20-5-4-18-19-12-15(3-6-23(19)31-25(18)28-20)29-21-13-26-9-7-16(21)17-8-10-27-14-22(17)29/h1-14H. The molecule has 146 valence electrons. The van der Waals surface area contributed by atoms with E-state index in [9.17, 15) is 0 Å². The van der Waals surface area contributed by atoms with Crippen LogP contribution in [0, 0.1) is 0 Å². The molecule has 0 radical (unpaired) electrons. The van der Waals surface area contributed by atoms with Crippen LogP contribution in [0.4, 0.5) is 0 Å². The SMILES string of the molecule is c1csc(-c2ccc3c(n2)sc2ccc(-n4c5cnccc5c5ccncc54)cc23)c1. The number of aromatic nitrogens is 4. The quantitative estimate of drug-likeness (QED) is 0.292. The van der Waals surface area contributed by atoms with Crippen molar-refractivity contribution < 1.29 is 0 Å². The molecule has 7 aromatic rings. The van der Waals surface area contributed by atoms with Crippen molar-refractivity contribution in [3.8, 4) is 16.3 Å². The van der Waals surface area contributed by atoms with Gasteiger partial charge in [-0.05, 0) is 53.9 Å². The van der Waals surface area contributed by atoms with Gasteiger partial charge in [-0.3, -0.25) is 9.97 Å². The van der Waals surface area contributed by atoms with Crippen molar-refractivity contribution in [3.63, 3.8) is 0 Å². The average Bonchev–Trinajstić information content (AvgIpc) is 3.54. The van der Waals surface area contributed by atoms with E-state index in [0.717, 1.165) is 27.2 Å². The molecule has 7 rings (SSSR count). The van der Waals surface area contributed by atoms with E-state index in [2.05, 4.69) is 74.5 Å². The van der Waals surface area contributed by atoms with Crippen molar-refractivity contribution in [2.24, 2.45) is 0 Å². The number of fused-ring (bicyclic) bond motifs is 6. The maximum Gasteiger partial charge on any atom is 0.125 e. The van der Waals surface area contributed by atoms with Gasteiger partial charge in [0, 0.05) is 44.3 Å². The van der Waals surface area contributed by atoms with Crippen LogP contribution in [0.3, 0.4) is 0 Å². The van der Waals surface area contributed by atoms with Crippen molar-refractivity contribution in [2.75, 3.05) is 0 Å². The van der Waals surface area contributed by atoms with Crippen LogP contribution in [0.1, 0.15) is 0 Å². The van der Waals surface area contributed by atoms with Crippen LogP contribution in [0.5, 0.6) is 0 Å². The van der Waals surface area contributed by atoms with Gasteiger partial charge < -0.3 is 4.57 Å². The molecule has 6 heteroatoms. The third-order valence-electron chi connectivity index (χ3n) is 5.72. The maximum atomic E-state index is 4.95. The zero-order chi connectivity index (χ0) is 20.4. The van der Waals surface area contributed by atoms with Gasteiger partial charge in [-0.25, -0.2) is 4.98 Å². The largest absolute Gasteiger partial charge is 0.306 e. The molecule has 0 aliphatic carbocycles. The minimum atomic E-state index is 1.04. The van der Waals surface area contributed by atoms with Gasteiger partial charge >= 0.3 is 0 Å². The molecule has 0 aliphatic rings. The summed E-state index contributed by atoms with van der Waals surface area (Å²) >= 11 is 3.47. The first kappa shape index (κ1) is 17.1. The zero-order valence-corrected chi connectivity index (χ0v) is 17.8. The van der Waals surface area contributed by atoms with Crippen molar-refractivity contribution in [1.82, 2.24) is 19.5 Å². The second-order valence-corrected chi connectivity index (χ2v) is 9.41. The fraction of sp³-hybridized carbons (Fsp3) is 0. The molecular formula is C25H14N4S2. The van der Waals surface area contributed by atoms with Gasteiger partial charge in [0.1, 0.15) is 4.83 Å². The van der Waals surface area contributed by atoms with Gasteiger partial charge in [-0.15, -0.1) is 22.7 Å². The van der Waals surface area contributed by atoms with Crippen LogP contribution in [0.15, 0.2) is 84.8 Å². The Morgan fingerprint density at radius 3 is 2.29 bits per heavy atom. The molecule has 4 nitrogen and oxygen atoms in total. The van der Waals surface area contributed by atoms with E-state index in [1.807, 2.05) is 24.8 Å². The first-order valence-electron chi connectivity index (χ1n) is 9.92. The molecule has 0 fully saturated rings. The Bertz CT molecular complexity index is 1690. The number of hydrogen-bond acceptors (Lipinski definition) is 5. The number of rotatable bonds is 2. The summed E-state index contributed by atoms with van der Waals surface area (Å²) in [5.41, 5.74) is 4.31. The number of hydrogen-bond donors (Lipinski definition) is 0. The van der Waals surface area contributed by atoms with Crippen LogP contribution < -0.4 is 0 Å². The molecule has 0 aliphatic heterocycles. The lowest BCUT2D eigenvalue weighted by molar-refractivity contribution is 1.16. The first-order chi connectivity index (χ1) is 15.4. The van der Waals surface area contributed by atoms with E-state index in [1.165, 1.54) is 31.1 Å². The van der Waals surface area contributed by atoms with Crippen LogP contribution in [0.2, 0.25) is 0 Å². The van der Waals surface area contributed by atoms with Crippen LogP contribution in [-0.2, 0) is 0 Å². The molecular weight excluding hydrogens is 420 g/mol. The Labute approximate surface area is 185 Å². The summed E-state index contributed by atoms with van der Waals surface area (Å²) in [7, 11) is 0. The number of thiophene rings is 2. The molecule has 0 amide bonds. The third kappa shape index (κ3) is 2.49. The van der Waals surface area contributed by atoms with E-state index < -0.39 is 0 Å². The predicted octanol–water partition coefficient (Wildman–Crippen LogP) is 7.07. The third-order valence-corrected chi connectivity index (χ3v) is 7.70. The summed E-state index contributed by atoms with van der Waals surface area (Å²) in [6.07, 6.45) is 7.55. The topological polar surface area (TPSA) is 43.6 Å². The van der Waals surface area contributed by atoms with E-state index in [4.69, 9.17) is 4.98 Å². The molecule has 6 aromatic heterocycles. The molecule has 0 N–H and O–H groups in total. The van der Waals surface area contributed by atoms with Gasteiger partial charge in [0.2, 0.25) is 0 Å². The monoisotopic (exact) mass is 434 g/mol. The van der Waals surface area contributed by atoms with Crippen LogP contribution in [-0.4, -0.2) is 19.5 Å². The smallest absolute Gasteiger partial charge is 0.125 e. The molecule has 0 unspecified atom stereocenters. The highest BCUT2D eigenvalue weighted by Crippen LogP contribution is 2.38. The highest BCUT2D eigenvalue weighted by Gasteiger charge is 2.14. The molecule has 0 spiro atoms. The van der Waals surface area contributed by atoms with Crippen LogP contribution in [0.25, 0.3) is 58.4 Å². The van der Waals surface area contributed by atoms with Crippen molar-refractivity contribution in [2.45, 2.75) is 0 Å². The summed E-state index contributed by atoms with van der Waals surface area (Å²) in [4.78, 5) is 16.0. The Balaban J connectivity index is 1.50. The van der Waals surface area contributed by atoms with Gasteiger partial charge in [0.05, 0.1) is 34.0 Å². The van der Waals surface area contributed by atoms with Crippen molar-refractivity contribution in [1.29, 1.82) is 0 Å². The van der Waals surface area contributed by atoms with E-state index in [-0.39, 0.29) is 0 Å². The minimum absolute atomic E-state index is 1.04. The Morgan fingerprint density at radius 2 is 1.55 bits per heavy atom. The summed E-state index contributed by atoms with van der Waals surface area (Å²) in [6.45, 7) is 0. The molecule has 0 saturated heterocycles. The van der Waals surface area contributed by atoms with Crippen molar-refractivity contribution in [3.05, 3.63) is 84.8 Å². The van der Waals surface area contributed by atoms with Gasteiger partial charge in [0.15, 0.2) is 0 Å². The molecule has 1 aromatic carbocycles. The molecule has 31 heavy (non-hydrogen) atoms. The van der Waals surface area contributed by atoms with E-state index in [1.54, 1.807) is 22.7 Å². The lowest BCUT2D eigenvalue weighted by Crippen LogP contribution is -1.94. The van der Waals surface area contributed by atoms with E-state index >= 15 is 0 Å². The number of pyridine rings is 3. The van der Waals surface area contributed by atoms with Crippen molar-refractivity contribution >= 4 is 64.8 Å². The molecule has 6 heterocycles. The van der Waals surface area contributed by atoms with Gasteiger partial charge in [-0.1, -0.05) is 6.07 Å². The van der Waals surface area contributed by atoms with Crippen LogP contribution >= 0.6 is 22.7 Å².